The summed E-state index contributed by atoms with van der Waals surface area (Å²) in [7, 11) is 1.59. The fraction of sp³-hybridized carbons (Fsp3) is 0.143. The molecule has 0 N–H and O–H groups in total. The number of nitro groups is 1. The SMILES string of the molecule is COc1ccc(COc2cccc([N+](=O)[O-])c2Br)cc1Br. The fourth-order valence-electron chi connectivity index (χ4n) is 1.71. The van der Waals surface area contributed by atoms with Gasteiger partial charge in [0.05, 0.1) is 16.5 Å². The van der Waals surface area contributed by atoms with Gasteiger partial charge in [-0.25, -0.2) is 0 Å². The predicted molar refractivity (Wildman–Crippen MR) is 85.8 cm³/mol. The molecule has 0 aliphatic heterocycles. The first-order valence-corrected chi connectivity index (χ1v) is 7.49. The van der Waals surface area contributed by atoms with Crippen molar-refractivity contribution in [2.75, 3.05) is 7.11 Å². The maximum absolute atomic E-state index is 10.9. The zero-order chi connectivity index (χ0) is 15.4. The first-order valence-electron chi connectivity index (χ1n) is 5.91. The number of hydrogen-bond donors (Lipinski definition) is 0. The highest BCUT2D eigenvalue weighted by Gasteiger charge is 2.15. The normalized spacial score (nSPS) is 10.2. The summed E-state index contributed by atoms with van der Waals surface area (Å²) in [5.74, 6) is 1.16. The Balaban J connectivity index is 2.15. The van der Waals surface area contributed by atoms with Crippen molar-refractivity contribution in [1.82, 2.24) is 0 Å². The van der Waals surface area contributed by atoms with Gasteiger partial charge in [-0.1, -0.05) is 12.1 Å². The standard InChI is InChI=1S/C14H11Br2NO4/c1-20-12-6-5-9(7-10(12)15)8-21-13-4-2-3-11(14(13)16)17(18)19/h2-7H,8H2,1H3. The Kier molecular flexibility index (Phi) is 5.19. The van der Waals surface area contributed by atoms with Gasteiger partial charge < -0.3 is 9.47 Å². The van der Waals surface area contributed by atoms with E-state index in [4.69, 9.17) is 9.47 Å². The maximum Gasteiger partial charge on any atom is 0.287 e. The van der Waals surface area contributed by atoms with E-state index in [1.807, 2.05) is 18.2 Å². The van der Waals surface area contributed by atoms with Gasteiger partial charge >= 0.3 is 0 Å². The molecule has 0 unspecified atom stereocenters. The highest BCUT2D eigenvalue weighted by atomic mass is 79.9. The van der Waals surface area contributed by atoms with E-state index in [9.17, 15) is 10.1 Å². The van der Waals surface area contributed by atoms with Crippen LogP contribution >= 0.6 is 31.9 Å². The Labute approximate surface area is 138 Å². The van der Waals surface area contributed by atoms with E-state index in [2.05, 4.69) is 31.9 Å². The molecule has 0 bridgehead atoms. The van der Waals surface area contributed by atoms with E-state index in [1.54, 1.807) is 19.2 Å². The maximum atomic E-state index is 10.9. The molecule has 0 radical (unpaired) electrons. The van der Waals surface area contributed by atoms with Crippen LogP contribution in [0.5, 0.6) is 11.5 Å². The van der Waals surface area contributed by atoms with Gasteiger partial charge in [-0.15, -0.1) is 0 Å². The Morgan fingerprint density at radius 1 is 1.19 bits per heavy atom. The van der Waals surface area contributed by atoms with Gasteiger partial charge in [-0.2, -0.15) is 0 Å². The lowest BCUT2D eigenvalue weighted by atomic mass is 10.2. The van der Waals surface area contributed by atoms with Crippen molar-refractivity contribution < 1.29 is 14.4 Å². The topological polar surface area (TPSA) is 61.6 Å². The first kappa shape index (κ1) is 15.8. The number of halogens is 2. The van der Waals surface area contributed by atoms with Crippen molar-refractivity contribution in [3.63, 3.8) is 0 Å². The van der Waals surface area contributed by atoms with E-state index < -0.39 is 4.92 Å². The zero-order valence-electron chi connectivity index (χ0n) is 11.0. The van der Waals surface area contributed by atoms with Crippen molar-refractivity contribution in [3.8, 4) is 11.5 Å². The summed E-state index contributed by atoms with van der Waals surface area (Å²) in [6, 6.07) is 10.3. The van der Waals surface area contributed by atoms with Crippen molar-refractivity contribution in [1.29, 1.82) is 0 Å². The number of benzene rings is 2. The van der Waals surface area contributed by atoms with Gasteiger partial charge in [-0.05, 0) is 55.6 Å². The summed E-state index contributed by atoms with van der Waals surface area (Å²) in [6.07, 6.45) is 0. The molecule has 0 spiro atoms. The van der Waals surface area contributed by atoms with Crippen LogP contribution < -0.4 is 9.47 Å². The van der Waals surface area contributed by atoms with Crippen molar-refractivity contribution in [2.24, 2.45) is 0 Å². The largest absolute Gasteiger partial charge is 0.496 e. The Morgan fingerprint density at radius 2 is 1.95 bits per heavy atom. The monoisotopic (exact) mass is 415 g/mol. The number of methoxy groups -OCH3 is 1. The quantitative estimate of drug-likeness (QED) is 0.523. The molecule has 5 nitrogen and oxygen atoms in total. The van der Waals surface area contributed by atoms with E-state index in [-0.39, 0.29) is 5.69 Å². The van der Waals surface area contributed by atoms with Gasteiger partial charge in [-0.3, -0.25) is 10.1 Å². The molecule has 0 saturated heterocycles. The second kappa shape index (κ2) is 6.91. The van der Waals surface area contributed by atoms with Crippen molar-refractivity contribution in [2.45, 2.75) is 6.61 Å². The third-order valence-electron chi connectivity index (χ3n) is 2.75. The molecular weight excluding hydrogens is 406 g/mol. The number of ether oxygens (including phenoxy) is 2. The highest BCUT2D eigenvalue weighted by Crippen LogP contribution is 2.34. The second-order valence-corrected chi connectivity index (χ2v) is 5.75. The lowest BCUT2D eigenvalue weighted by molar-refractivity contribution is -0.385. The summed E-state index contributed by atoms with van der Waals surface area (Å²) >= 11 is 6.60. The average molecular weight is 417 g/mol. The third kappa shape index (κ3) is 3.74. The van der Waals surface area contributed by atoms with Crippen LogP contribution in [0.15, 0.2) is 45.3 Å². The van der Waals surface area contributed by atoms with Gasteiger partial charge in [0, 0.05) is 6.07 Å². The van der Waals surface area contributed by atoms with Gasteiger partial charge in [0.1, 0.15) is 22.6 Å². The van der Waals surface area contributed by atoms with Crippen LogP contribution in [-0.4, -0.2) is 12.0 Å². The van der Waals surface area contributed by atoms with Crippen LogP contribution in [0.2, 0.25) is 0 Å². The van der Waals surface area contributed by atoms with E-state index in [0.717, 1.165) is 15.8 Å². The van der Waals surface area contributed by atoms with Crippen LogP contribution in [-0.2, 0) is 6.61 Å². The Bertz CT molecular complexity index is 676. The molecule has 0 heterocycles. The lowest BCUT2D eigenvalue weighted by Gasteiger charge is -2.10. The Morgan fingerprint density at radius 3 is 2.57 bits per heavy atom. The van der Waals surface area contributed by atoms with E-state index >= 15 is 0 Å². The van der Waals surface area contributed by atoms with Crippen LogP contribution in [0.25, 0.3) is 0 Å². The van der Waals surface area contributed by atoms with E-state index in [1.165, 1.54) is 6.07 Å². The predicted octanol–water partition coefficient (Wildman–Crippen LogP) is 4.71. The summed E-state index contributed by atoms with van der Waals surface area (Å²) < 4.78 is 11.9. The summed E-state index contributed by atoms with van der Waals surface area (Å²) in [5, 5.41) is 10.9. The lowest BCUT2D eigenvalue weighted by Crippen LogP contribution is -1.98. The smallest absolute Gasteiger partial charge is 0.287 e. The molecule has 110 valence electrons. The number of nitro benzene ring substituents is 1. The first-order chi connectivity index (χ1) is 10.0. The molecule has 7 heteroatoms. The minimum absolute atomic E-state index is 0.0246. The third-order valence-corrected chi connectivity index (χ3v) is 4.17. The molecule has 2 aromatic carbocycles. The minimum atomic E-state index is -0.457. The van der Waals surface area contributed by atoms with Crippen LogP contribution in [0, 0.1) is 10.1 Å². The fourth-order valence-corrected chi connectivity index (χ4v) is 2.82. The number of nitrogens with zero attached hydrogens (tertiary/aromatic N) is 1. The van der Waals surface area contributed by atoms with Crippen LogP contribution in [0.1, 0.15) is 5.56 Å². The number of hydrogen-bond acceptors (Lipinski definition) is 4. The van der Waals surface area contributed by atoms with Gasteiger partial charge in [0.25, 0.3) is 5.69 Å². The molecule has 0 aliphatic rings. The number of rotatable bonds is 5. The summed E-state index contributed by atoms with van der Waals surface area (Å²) in [6.45, 7) is 0.294. The summed E-state index contributed by atoms with van der Waals surface area (Å²) in [5.41, 5.74) is 0.893. The molecule has 0 saturated carbocycles. The van der Waals surface area contributed by atoms with Gasteiger partial charge in [0.2, 0.25) is 0 Å². The molecule has 0 amide bonds. The zero-order valence-corrected chi connectivity index (χ0v) is 14.2. The second-order valence-electron chi connectivity index (χ2n) is 4.10. The van der Waals surface area contributed by atoms with Crippen molar-refractivity contribution >= 4 is 37.5 Å². The summed E-state index contributed by atoms with van der Waals surface area (Å²) in [4.78, 5) is 10.4. The minimum Gasteiger partial charge on any atom is -0.496 e. The molecule has 0 atom stereocenters. The van der Waals surface area contributed by atoms with Crippen molar-refractivity contribution in [3.05, 3.63) is 61.0 Å². The molecular formula is C14H11Br2NO4. The van der Waals surface area contributed by atoms with Crippen LogP contribution in [0.3, 0.4) is 0 Å². The molecule has 0 aromatic heterocycles. The Hall–Kier alpha value is -1.60. The van der Waals surface area contributed by atoms with Crippen LogP contribution in [0.4, 0.5) is 5.69 Å². The molecule has 2 aromatic rings. The van der Waals surface area contributed by atoms with Gasteiger partial charge in [0.15, 0.2) is 0 Å². The molecule has 0 aliphatic carbocycles. The average Bonchev–Trinajstić information content (AvgIpc) is 2.46. The molecule has 0 fully saturated rings. The molecule has 2 rings (SSSR count). The highest BCUT2D eigenvalue weighted by molar-refractivity contribution is 9.11. The molecule has 21 heavy (non-hydrogen) atoms. The van der Waals surface area contributed by atoms with E-state index in [0.29, 0.717) is 16.8 Å².